The Labute approximate surface area is 80.8 Å². The molecule has 1 unspecified atom stereocenters. The van der Waals surface area contributed by atoms with Crippen LogP contribution in [0.5, 0.6) is 0 Å². The van der Waals surface area contributed by atoms with Gasteiger partial charge < -0.3 is 9.05 Å². The molecule has 0 aliphatic heterocycles. The maximum atomic E-state index is 5.57. The summed E-state index contributed by atoms with van der Waals surface area (Å²) < 4.78 is 10.9. The van der Waals surface area contributed by atoms with E-state index >= 15 is 0 Å². The lowest BCUT2D eigenvalue weighted by atomic mass is 10.4. The molecule has 3 heteroatoms. The molecule has 0 bridgehead atoms. The molecule has 0 N–H and O–H groups in total. The van der Waals surface area contributed by atoms with Crippen LogP contribution in [-0.2, 0) is 9.05 Å². The van der Waals surface area contributed by atoms with Crippen molar-refractivity contribution in [2.24, 2.45) is 0 Å². The molecule has 1 aromatic rings. The number of hydrogen-bond acceptors (Lipinski definition) is 2. The number of hydrogen-bond donors (Lipinski definition) is 0. The molecule has 1 atom stereocenters. The third-order valence-electron chi connectivity index (χ3n) is 1.55. The molecular formula is C10H15O2P. The van der Waals surface area contributed by atoms with Gasteiger partial charge in [0.25, 0.3) is 0 Å². The fourth-order valence-electron chi connectivity index (χ4n) is 0.957. The average Bonchev–Trinajstić information content (AvgIpc) is 2.21. The van der Waals surface area contributed by atoms with Gasteiger partial charge in [0, 0.05) is 12.4 Å². The van der Waals surface area contributed by atoms with Crippen molar-refractivity contribution in [1.29, 1.82) is 0 Å². The first-order valence-electron chi connectivity index (χ1n) is 4.40. The highest BCUT2D eigenvalue weighted by molar-refractivity contribution is 7.55. The minimum Gasteiger partial charge on any atom is -0.334 e. The Hall–Kier alpha value is -0.430. The fourth-order valence-corrected chi connectivity index (χ4v) is 2.19. The third-order valence-corrected chi connectivity index (χ3v) is 3.01. The average molecular weight is 198 g/mol. The van der Waals surface area contributed by atoms with E-state index in [1.165, 1.54) is 0 Å². The lowest BCUT2D eigenvalue weighted by Crippen LogP contribution is -2.04. The van der Waals surface area contributed by atoms with Gasteiger partial charge in [-0.1, -0.05) is 25.1 Å². The summed E-state index contributed by atoms with van der Waals surface area (Å²) in [5.41, 5.74) is 0. The quantitative estimate of drug-likeness (QED) is 0.677. The van der Waals surface area contributed by atoms with Crippen molar-refractivity contribution in [1.82, 2.24) is 0 Å². The summed E-state index contributed by atoms with van der Waals surface area (Å²) >= 11 is 0. The summed E-state index contributed by atoms with van der Waals surface area (Å²) in [5, 5.41) is 1.13. The van der Waals surface area contributed by atoms with Crippen molar-refractivity contribution < 1.29 is 9.05 Å². The van der Waals surface area contributed by atoms with Crippen molar-refractivity contribution >= 4 is 13.7 Å². The zero-order valence-corrected chi connectivity index (χ0v) is 8.96. The largest absolute Gasteiger partial charge is 0.334 e. The van der Waals surface area contributed by atoms with Crippen molar-refractivity contribution in [3.8, 4) is 0 Å². The molecule has 1 rings (SSSR count). The molecular weight excluding hydrogens is 183 g/mol. The molecule has 0 aliphatic rings. The second-order valence-electron chi connectivity index (χ2n) is 2.61. The molecule has 72 valence electrons. The summed E-state index contributed by atoms with van der Waals surface area (Å²) in [6.45, 7) is 2.85. The molecule has 1 aromatic carbocycles. The third kappa shape index (κ3) is 3.43. The van der Waals surface area contributed by atoms with E-state index in [9.17, 15) is 0 Å². The predicted molar refractivity (Wildman–Crippen MR) is 56.2 cm³/mol. The van der Waals surface area contributed by atoms with Gasteiger partial charge >= 0.3 is 0 Å². The van der Waals surface area contributed by atoms with Gasteiger partial charge in [-0.15, -0.1) is 0 Å². The monoisotopic (exact) mass is 198 g/mol. The van der Waals surface area contributed by atoms with Gasteiger partial charge in [0.15, 0.2) is 0 Å². The van der Waals surface area contributed by atoms with Crippen LogP contribution < -0.4 is 5.30 Å². The first-order chi connectivity index (χ1) is 6.38. The van der Waals surface area contributed by atoms with Crippen molar-refractivity contribution in [3.05, 3.63) is 30.3 Å². The molecule has 2 nitrogen and oxygen atoms in total. The zero-order valence-electron chi connectivity index (χ0n) is 8.06. The van der Waals surface area contributed by atoms with Crippen LogP contribution >= 0.6 is 8.38 Å². The van der Waals surface area contributed by atoms with Crippen LogP contribution in [0.25, 0.3) is 0 Å². The standard InChI is InChI=1S/C10H15O2P/c1-3-9-12-13(11-2)10-7-5-4-6-8-10/h4-8H,3,9H2,1-2H3. The topological polar surface area (TPSA) is 18.5 Å². The Morgan fingerprint density at radius 3 is 2.46 bits per heavy atom. The highest BCUT2D eigenvalue weighted by Gasteiger charge is 2.09. The van der Waals surface area contributed by atoms with E-state index < -0.39 is 8.38 Å². The predicted octanol–water partition coefficient (Wildman–Crippen LogP) is 2.70. The molecule has 0 aliphatic carbocycles. The van der Waals surface area contributed by atoms with Crippen molar-refractivity contribution in [2.45, 2.75) is 13.3 Å². The number of benzene rings is 1. The first kappa shape index (κ1) is 10.6. The van der Waals surface area contributed by atoms with E-state index in [1.807, 2.05) is 30.3 Å². The number of rotatable bonds is 5. The van der Waals surface area contributed by atoms with Gasteiger partial charge in [0.1, 0.15) is 0 Å². The van der Waals surface area contributed by atoms with Gasteiger partial charge in [0.05, 0.1) is 6.61 Å². The van der Waals surface area contributed by atoms with Gasteiger partial charge in [-0.05, 0) is 18.6 Å². The second kappa shape index (κ2) is 6.09. The summed E-state index contributed by atoms with van der Waals surface area (Å²) in [5.74, 6) is 0. The Balaban J connectivity index is 2.56. The Bertz CT molecular complexity index is 226. The Morgan fingerprint density at radius 1 is 1.23 bits per heavy atom. The van der Waals surface area contributed by atoms with Crippen molar-refractivity contribution in [2.75, 3.05) is 13.7 Å². The van der Waals surface area contributed by atoms with Crippen LogP contribution in [0.4, 0.5) is 0 Å². The Morgan fingerprint density at radius 2 is 1.92 bits per heavy atom. The van der Waals surface area contributed by atoms with Gasteiger partial charge in [-0.25, -0.2) is 0 Å². The highest BCUT2D eigenvalue weighted by atomic mass is 31.2. The Kier molecular flexibility index (Phi) is 4.99. The summed E-state index contributed by atoms with van der Waals surface area (Å²) in [6.07, 6.45) is 1.02. The first-order valence-corrected chi connectivity index (χ1v) is 5.58. The van der Waals surface area contributed by atoms with Gasteiger partial charge in [-0.2, -0.15) is 0 Å². The zero-order chi connectivity index (χ0) is 9.52. The highest BCUT2D eigenvalue weighted by Crippen LogP contribution is 2.35. The minimum absolute atomic E-state index is 0.758. The maximum Gasteiger partial charge on any atom is 0.204 e. The van der Waals surface area contributed by atoms with Crippen LogP contribution in [-0.4, -0.2) is 13.7 Å². The van der Waals surface area contributed by atoms with E-state index in [-0.39, 0.29) is 0 Å². The molecule has 0 heterocycles. The van der Waals surface area contributed by atoms with Crippen LogP contribution in [0.3, 0.4) is 0 Å². The SMILES string of the molecule is CCCOP(OC)c1ccccc1. The molecule has 0 spiro atoms. The van der Waals surface area contributed by atoms with Crippen LogP contribution in [0.1, 0.15) is 13.3 Å². The molecule has 0 fully saturated rings. The fraction of sp³-hybridized carbons (Fsp3) is 0.400. The minimum atomic E-state index is -0.859. The summed E-state index contributed by atoms with van der Waals surface area (Å²) in [7, 11) is 0.829. The van der Waals surface area contributed by atoms with Crippen LogP contribution in [0, 0.1) is 0 Å². The molecule has 0 amide bonds. The summed E-state index contributed by atoms with van der Waals surface area (Å²) in [4.78, 5) is 0. The van der Waals surface area contributed by atoms with E-state index in [2.05, 4.69) is 6.92 Å². The van der Waals surface area contributed by atoms with Gasteiger partial charge in [0.2, 0.25) is 8.38 Å². The molecule has 0 saturated heterocycles. The van der Waals surface area contributed by atoms with Crippen LogP contribution in [0.15, 0.2) is 30.3 Å². The van der Waals surface area contributed by atoms with E-state index in [0.29, 0.717) is 0 Å². The molecule has 0 radical (unpaired) electrons. The molecule has 13 heavy (non-hydrogen) atoms. The second-order valence-corrected chi connectivity index (χ2v) is 4.26. The molecule has 0 aromatic heterocycles. The smallest absolute Gasteiger partial charge is 0.204 e. The normalized spacial score (nSPS) is 12.8. The van der Waals surface area contributed by atoms with E-state index in [0.717, 1.165) is 18.3 Å². The summed E-state index contributed by atoms with van der Waals surface area (Å²) in [6, 6.07) is 10.1. The lowest BCUT2D eigenvalue weighted by molar-refractivity contribution is 0.291. The maximum absolute atomic E-state index is 5.57. The lowest BCUT2D eigenvalue weighted by Gasteiger charge is -2.14. The molecule has 0 saturated carbocycles. The van der Waals surface area contributed by atoms with E-state index in [1.54, 1.807) is 7.11 Å². The van der Waals surface area contributed by atoms with E-state index in [4.69, 9.17) is 9.05 Å². The van der Waals surface area contributed by atoms with Crippen LogP contribution in [0.2, 0.25) is 0 Å². The van der Waals surface area contributed by atoms with Crippen molar-refractivity contribution in [3.63, 3.8) is 0 Å². The van der Waals surface area contributed by atoms with Gasteiger partial charge in [-0.3, -0.25) is 0 Å².